The molecular formula is C29H22F3N3O3. The predicted octanol–water partition coefficient (Wildman–Crippen LogP) is 6.55. The van der Waals surface area contributed by atoms with Gasteiger partial charge in [-0.05, 0) is 47.9 Å². The molecule has 2 aromatic heterocycles. The number of alkyl halides is 3. The number of carbonyl (C=O) groups excluding carboxylic acids is 1. The van der Waals surface area contributed by atoms with Crippen LogP contribution in [0, 0.1) is 6.92 Å². The van der Waals surface area contributed by atoms with Crippen molar-refractivity contribution in [2.24, 2.45) is 0 Å². The number of carbonyl (C=O) groups is 1. The van der Waals surface area contributed by atoms with E-state index in [1.54, 1.807) is 54.6 Å². The van der Waals surface area contributed by atoms with Gasteiger partial charge in [0, 0.05) is 28.8 Å². The number of oxazole rings is 1. The summed E-state index contributed by atoms with van der Waals surface area (Å²) < 4.78 is 46.2. The van der Waals surface area contributed by atoms with Crippen molar-refractivity contribution < 1.29 is 27.5 Å². The van der Waals surface area contributed by atoms with Crippen molar-refractivity contribution in [2.45, 2.75) is 26.1 Å². The summed E-state index contributed by atoms with van der Waals surface area (Å²) in [6, 6.07) is 22.3. The van der Waals surface area contributed by atoms with Crippen molar-refractivity contribution in [3.8, 4) is 11.5 Å². The second-order valence-electron chi connectivity index (χ2n) is 8.74. The summed E-state index contributed by atoms with van der Waals surface area (Å²) in [7, 11) is 0. The van der Waals surface area contributed by atoms with Crippen LogP contribution in [0.4, 0.5) is 18.9 Å². The zero-order valence-corrected chi connectivity index (χ0v) is 20.2. The molecule has 0 aliphatic rings. The van der Waals surface area contributed by atoms with E-state index in [1.165, 1.54) is 0 Å². The number of pyridine rings is 1. The number of rotatable bonds is 6. The number of aliphatic hydroxyl groups excluding tert-OH is 1. The summed E-state index contributed by atoms with van der Waals surface area (Å²) in [5.74, 6) is -2.80. The smallest absolute Gasteiger partial charge is 0.431 e. The van der Waals surface area contributed by atoms with Gasteiger partial charge in [-0.1, -0.05) is 54.6 Å². The third-order valence-corrected chi connectivity index (χ3v) is 6.07. The monoisotopic (exact) mass is 517 g/mol. The highest BCUT2D eigenvalue weighted by Gasteiger charge is 2.42. The van der Waals surface area contributed by atoms with E-state index in [1.807, 2.05) is 31.2 Å². The largest absolute Gasteiger partial charge is 0.452 e. The molecule has 0 radical (unpaired) electrons. The van der Waals surface area contributed by atoms with Crippen LogP contribution in [0.15, 0.2) is 83.3 Å². The molecule has 0 aliphatic carbocycles. The molecule has 0 unspecified atom stereocenters. The number of nitrogens with one attached hydrogen (secondary N) is 1. The molecule has 2 heterocycles. The molecule has 0 atom stereocenters. The molecule has 0 saturated carbocycles. The van der Waals surface area contributed by atoms with Gasteiger partial charge in [0.1, 0.15) is 0 Å². The summed E-state index contributed by atoms with van der Waals surface area (Å²) in [6.45, 7) is 1.70. The minimum atomic E-state index is -4.91. The highest BCUT2D eigenvalue weighted by Crippen LogP contribution is 2.36. The minimum absolute atomic E-state index is 0.139. The average Bonchev–Trinajstić information content (AvgIpc) is 3.37. The van der Waals surface area contributed by atoms with Gasteiger partial charge >= 0.3 is 6.18 Å². The number of halogens is 3. The fourth-order valence-electron chi connectivity index (χ4n) is 4.35. The molecule has 0 fully saturated rings. The Kier molecular flexibility index (Phi) is 6.69. The number of aromatic nitrogens is 2. The van der Waals surface area contributed by atoms with E-state index in [0.29, 0.717) is 28.8 Å². The van der Waals surface area contributed by atoms with E-state index < -0.39 is 23.5 Å². The fourth-order valence-corrected chi connectivity index (χ4v) is 4.35. The summed E-state index contributed by atoms with van der Waals surface area (Å²) in [5.41, 5.74) is 3.52. The van der Waals surface area contributed by atoms with E-state index >= 15 is 0 Å². The van der Waals surface area contributed by atoms with Crippen LogP contribution in [-0.2, 0) is 19.2 Å². The molecule has 1 amide bonds. The lowest BCUT2D eigenvalue weighted by Crippen LogP contribution is -2.19. The summed E-state index contributed by atoms with van der Waals surface area (Å²) in [4.78, 5) is 21.6. The molecule has 192 valence electrons. The SMILES string of the molecule is Cc1cc(CO)c2cccc(Cc3ccccc3NC(=O)c3nc(-c4ccccc4)oc3C(F)(F)F)c2n1. The van der Waals surface area contributed by atoms with Crippen LogP contribution in [0.3, 0.4) is 0 Å². The number of nitrogens with zero attached hydrogens (tertiary/aromatic N) is 2. The highest BCUT2D eigenvalue weighted by molar-refractivity contribution is 6.04. The number of hydrogen-bond donors (Lipinski definition) is 2. The van der Waals surface area contributed by atoms with Crippen molar-refractivity contribution in [3.05, 3.63) is 113 Å². The second kappa shape index (κ2) is 10.1. The lowest BCUT2D eigenvalue weighted by molar-refractivity contribution is -0.153. The van der Waals surface area contributed by atoms with Gasteiger partial charge in [0.2, 0.25) is 11.7 Å². The number of aryl methyl sites for hydroxylation is 1. The first kappa shape index (κ1) is 25.2. The Balaban J connectivity index is 1.49. The van der Waals surface area contributed by atoms with Crippen molar-refractivity contribution in [3.63, 3.8) is 0 Å². The van der Waals surface area contributed by atoms with Gasteiger partial charge in [0.25, 0.3) is 5.91 Å². The van der Waals surface area contributed by atoms with Gasteiger partial charge in [-0.2, -0.15) is 13.2 Å². The van der Waals surface area contributed by atoms with Gasteiger partial charge < -0.3 is 14.8 Å². The van der Waals surface area contributed by atoms with E-state index in [9.17, 15) is 23.1 Å². The number of hydrogen-bond acceptors (Lipinski definition) is 5. The Hall–Kier alpha value is -4.50. The van der Waals surface area contributed by atoms with E-state index in [0.717, 1.165) is 22.2 Å². The second-order valence-corrected chi connectivity index (χ2v) is 8.74. The first-order valence-electron chi connectivity index (χ1n) is 11.8. The topological polar surface area (TPSA) is 88.2 Å². The maximum Gasteiger partial charge on any atom is 0.452 e. The van der Waals surface area contributed by atoms with Gasteiger partial charge in [-0.25, -0.2) is 4.98 Å². The third-order valence-electron chi connectivity index (χ3n) is 6.07. The number of anilines is 1. The maximum absolute atomic E-state index is 13.7. The van der Waals surface area contributed by atoms with Crippen molar-refractivity contribution in [1.29, 1.82) is 0 Å². The van der Waals surface area contributed by atoms with Crippen molar-refractivity contribution >= 4 is 22.5 Å². The lowest BCUT2D eigenvalue weighted by Gasteiger charge is -2.13. The first-order chi connectivity index (χ1) is 18.2. The first-order valence-corrected chi connectivity index (χ1v) is 11.8. The summed E-state index contributed by atoms with van der Waals surface area (Å²) in [6.07, 6.45) is -4.57. The lowest BCUT2D eigenvalue weighted by atomic mass is 9.98. The molecule has 0 saturated heterocycles. The van der Waals surface area contributed by atoms with Crippen LogP contribution in [0.5, 0.6) is 0 Å². The standard InChI is InChI=1S/C29H22F3N3O3/c1-17-14-21(16-36)22-12-7-11-20(24(22)33-17)15-19-10-5-6-13-23(19)34-27(37)25-26(29(30,31)32)38-28(35-25)18-8-3-2-4-9-18/h2-14,36H,15-16H2,1H3,(H,34,37). The number of benzene rings is 3. The molecule has 0 bridgehead atoms. The molecule has 0 spiro atoms. The van der Waals surface area contributed by atoms with Crippen molar-refractivity contribution in [2.75, 3.05) is 5.32 Å². The quantitative estimate of drug-likeness (QED) is 0.267. The molecular weight excluding hydrogens is 495 g/mol. The summed E-state index contributed by atoms with van der Waals surface area (Å²) >= 11 is 0. The number of aliphatic hydroxyl groups is 1. The molecule has 38 heavy (non-hydrogen) atoms. The van der Waals surface area contributed by atoms with Gasteiger partial charge in [-0.3, -0.25) is 9.78 Å². The third kappa shape index (κ3) is 5.01. The highest BCUT2D eigenvalue weighted by atomic mass is 19.4. The zero-order chi connectivity index (χ0) is 26.9. The van der Waals surface area contributed by atoms with E-state index in [4.69, 9.17) is 4.42 Å². The maximum atomic E-state index is 13.7. The molecule has 5 rings (SSSR count). The Bertz CT molecular complexity index is 1630. The Morgan fingerprint density at radius 2 is 1.63 bits per heavy atom. The van der Waals surface area contributed by atoms with Crippen LogP contribution in [0.2, 0.25) is 0 Å². The van der Waals surface area contributed by atoms with Crippen LogP contribution >= 0.6 is 0 Å². The number of fused-ring (bicyclic) bond motifs is 1. The minimum Gasteiger partial charge on any atom is -0.431 e. The van der Waals surface area contributed by atoms with Crippen LogP contribution in [-0.4, -0.2) is 21.0 Å². The number of para-hydroxylation sites is 2. The molecule has 6 nitrogen and oxygen atoms in total. The van der Waals surface area contributed by atoms with Gasteiger partial charge in [-0.15, -0.1) is 0 Å². The molecule has 9 heteroatoms. The van der Waals surface area contributed by atoms with E-state index in [-0.39, 0.29) is 12.5 Å². The Morgan fingerprint density at radius 3 is 2.37 bits per heavy atom. The molecule has 0 aliphatic heterocycles. The normalized spacial score (nSPS) is 11.6. The van der Waals surface area contributed by atoms with Crippen LogP contribution < -0.4 is 5.32 Å². The Morgan fingerprint density at radius 1 is 0.921 bits per heavy atom. The van der Waals surface area contributed by atoms with Crippen LogP contribution in [0.25, 0.3) is 22.4 Å². The van der Waals surface area contributed by atoms with Crippen LogP contribution in [0.1, 0.15) is 38.6 Å². The molecule has 5 aromatic rings. The molecule has 3 aromatic carbocycles. The van der Waals surface area contributed by atoms with E-state index in [2.05, 4.69) is 15.3 Å². The number of amides is 1. The molecule has 2 N–H and O–H groups in total. The average molecular weight is 518 g/mol. The van der Waals surface area contributed by atoms with Gasteiger partial charge in [0.05, 0.1) is 12.1 Å². The fraction of sp³-hybridized carbons (Fsp3) is 0.138. The Labute approximate surface area is 215 Å². The summed E-state index contributed by atoms with van der Waals surface area (Å²) in [5, 5.41) is 13.2. The van der Waals surface area contributed by atoms with Gasteiger partial charge in [0.15, 0.2) is 5.69 Å². The predicted molar refractivity (Wildman–Crippen MR) is 137 cm³/mol. The van der Waals surface area contributed by atoms with Crippen molar-refractivity contribution in [1.82, 2.24) is 9.97 Å². The zero-order valence-electron chi connectivity index (χ0n) is 20.2.